The molecule has 2 aromatic rings. The van der Waals surface area contributed by atoms with Gasteiger partial charge >= 0.3 is 5.97 Å². The fourth-order valence-electron chi connectivity index (χ4n) is 3.15. The van der Waals surface area contributed by atoms with E-state index < -0.39 is 18.1 Å². The van der Waals surface area contributed by atoms with Crippen molar-refractivity contribution in [1.82, 2.24) is 4.90 Å². The van der Waals surface area contributed by atoms with Crippen molar-refractivity contribution in [3.8, 4) is 10.4 Å². The molecule has 1 aliphatic heterocycles. The fraction of sp³-hybridized carbons (Fsp3) is 0.368. The van der Waals surface area contributed by atoms with Gasteiger partial charge in [-0.15, -0.1) is 11.3 Å². The van der Waals surface area contributed by atoms with Crippen molar-refractivity contribution < 1.29 is 19.4 Å². The van der Waals surface area contributed by atoms with Crippen LogP contribution in [0.4, 0.5) is 0 Å². The van der Waals surface area contributed by atoms with E-state index >= 15 is 0 Å². The summed E-state index contributed by atoms with van der Waals surface area (Å²) in [6, 6.07) is 11.1. The summed E-state index contributed by atoms with van der Waals surface area (Å²) in [5.74, 6) is -0.666. The Bertz CT molecular complexity index is 771. The average Bonchev–Trinajstić information content (AvgIpc) is 3.03. The molecule has 0 spiro atoms. The SMILES string of the molecule is COC(=O)[C@H]1C[C@@H](O)CCN1C(=O)c1cc(C)c(-c2ccccc2)s1. The molecule has 6 heteroatoms. The lowest BCUT2D eigenvalue weighted by Gasteiger charge is -2.35. The first-order chi connectivity index (χ1) is 12.0. The molecule has 5 nitrogen and oxygen atoms in total. The van der Waals surface area contributed by atoms with E-state index in [9.17, 15) is 14.7 Å². The zero-order valence-electron chi connectivity index (χ0n) is 14.3. The molecule has 1 N–H and O–H groups in total. The molecule has 25 heavy (non-hydrogen) atoms. The molecule has 2 atom stereocenters. The minimum atomic E-state index is -0.733. The van der Waals surface area contributed by atoms with Gasteiger partial charge in [0.2, 0.25) is 0 Å². The third-order valence-corrected chi connectivity index (χ3v) is 5.75. The Morgan fingerprint density at radius 3 is 2.68 bits per heavy atom. The van der Waals surface area contributed by atoms with E-state index in [1.165, 1.54) is 23.3 Å². The van der Waals surface area contributed by atoms with E-state index in [1.54, 1.807) is 0 Å². The number of aliphatic hydroxyl groups excluding tert-OH is 1. The number of hydrogen-bond donors (Lipinski definition) is 1. The molecular formula is C19H21NO4S. The van der Waals surface area contributed by atoms with Crippen LogP contribution in [0, 0.1) is 6.92 Å². The first-order valence-corrected chi connectivity index (χ1v) is 9.05. The van der Waals surface area contributed by atoms with Crippen LogP contribution in [0.1, 0.15) is 28.1 Å². The molecule has 0 radical (unpaired) electrons. The number of rotatable bonds is 3. The number of ether oxygens (including phenoxy) is 1. The summed E-state index contributed by atoms with van der Waals surface area (Å²) in [4.78, 5) is 28.2. The number of hydrogen-bond acceptors (Lipinski definition) is 5. The second-order valence-corrected chi connectivity index (χ2v) is 7.26. The largest absolute Gasteiger partial charge is 0.467 e. The van der Waals surface area contributed by atoms with E-state index in [0.29, 0.717) is 17.8 Å². The van der Waals surface area contributed by atoms with Crippen molar-refractivity contribution in [3.63, 3.8) is 0 Å². The second kappa shape index (κ2) is 7.37. The van der Waals surface area contributed by atoms with Crippen molar-refractivity contribution in [2.45, 2.75) is 31.9 Å². The molecule has 132 valence electrons. The summed E-state index contributed by atoms with van der Waals surface area (Å²) >= 11 is 1.43. The lowest BCUT2D eigenvalue weighted by atomic mass is 9.99. The molecule has 3 rings (SSSR count). The Hall–Kier alpha value is -2.18. The number of aliphatic hydroxyl groups is 1. The molecule has 1 aliphatic rings. The van der Waals surface area contributed by atoms with Crippen molar-refractivity contribution in [3.05, 3.63) is 46.8 Å². The van der Waals surface area contributed by atoms with Crippen molar-refractivity contribution >= 4 is 23.2 Å². The van der Waals surface area contributed by atoms with E-state index in [0.717, 1.165) is 16.0 Å². The maximum Gasteiger partial charge on any atom is 0.328 e. The van der Waals surface area contributed by atoms with Crippen molar-refractivity contribution in [1.29, 1.82) is 0 Å². The number of methoxy groups -OCH3 is 1. The number of carbonyl (C=O) groups excluding carboxylic acids is 2. The smallest absolute Gasteiger partial charge is 0.328 e. The number of nitrogens with zero attached hydrogens (tertiary/aromatic N) is 1. The van der Waals surface area contributed by atoms with Crippen LogP contribution in [0.5, 0.6) is 0 Å². The highest BCUT2D eigenvalue weighted by Gasteiger charge is 2.37. The van der Waals surface area contributed by atoms with Gasteiger partial charge in [-0.25, -0.2) is 4.79 Å². The molecule has 1 aromatic heterocycles. The monoisotopic (exact) mass is 359 g/mol. The van der Waals surface area contributed by atoms with Gasteiger partial charge in [-0.05, 0) is 30.5 Å². The molecule has 0 unspecified atom stereocenters. The third-order valence-electron chi connectivity index (χ3n) is 4.47. The van der Waals surface area contributed by atoms with Crippen LogP contribution in [-0.4, -0.2) is 47.7 Å². The highest BCUT2D eigenvalue weighted by Crippen LogP contribution is 2.34. The van der Waals surface area contributed by atoms with E-state index in [-0.39, 0.29) is 12.3 Å². The summed E-state index contributed by atoms with van der Waals surface area (Å²) in [6.45, 7) is 2.32. The lowest BCUT2D eigenvalue weighted by Crippen LogP contribution is -2.51. The van der Waals surface area contributed by atoms with Crippen LogP contribution < -0.4 is 0 Å². The Kier molecular flexibility index (Phi) is 5.20. The molecule has 1 saturated heterocycles. The zero-order valence-corrected chi connectivity index (χ0v) is 15.1. The van der Waals surface area contributed by atoms with Gasteiger partial charge in [-0.2, -0.15) is 0 Å². The molecule has 0 aliphatic carbocycles. The Morgan fingerprint density at radius 2 is 2.00 bits per heavy atom. The van der Waals surface area contributed by atoms with Gasteiger partial charge in [0.05, 0.1) is 18.1 Å². The number of likely N-dealkylation sites (tertiary alicyclic amines) is 1. The van der Waals surface area contributed by atoms with Gasteiger partial charge in [0.15, 0.2) is 0 Å². The van der Waals surface area contributed by atoms with Crippen LogP contribution in [0.3, 0.4) is 0 Å². The minimum absolute atomic E-state index is 0.183. The number of carbonyl (C=O) groups is 2. The number of aryl methyl sites for hydroxylation is 1. The van der Waals surface area contributed by atoms with Crippen molar-refractivity contribution in [2.24, 2.45) is 0 Å². The first-order valence-electron chi connectivity index (χ1n) is 8.24. The molecule has 2 heterocycles. The molecular weight excluding hydrogens is 338 g/mol. The minimum Gasteiger partial charge on any atom is -0.467 e. The lowest BCUT2D eigenvalue weighted by molar-refractivity contribution is -0.148. The van der Waals surface area contributed by atoms with Crippen LogP contribution in [0.2, 0.25) is 0 Å². The summed E-state index contributed by atoms with van der Waals surface area (Å²) < 4.78 is 4.81. The maximum atomic E-state index is 13.0. The molecule has 1 fully saturated rings. The van der Waals surface area contributed by atoms with Gasteiger partial charge in [-0.1, -0.05) is 30.3 Å². The summed E-state index contributed by atoms with van der Waals surface area (Å²) in [5, 5.41) is 9.85. The van der Waals surface area contributed by atoms with Crippen LogP contribution in [0.25, 0.3) is 10.4 Å². The fourth-order valence-corrected chi connectivity index (χ4v) is 4.29. The first kappa shape index (κ1) is 17.6. The van der Waals surface area contributed by atoms with E-state index in [1.807, 2.05) is 43.3 Å². The number of benzene rings is 1. The van der Waals surface area contributed by atoms with Gasteiger partial charge in [-0.3, -0.25) is 4.79 Å². The Morgan fingerprint density at radius 1 is 1.28 bits per heavy atom. The predicted octanol–water partition coefficient (Wildman–Crippen LogP) is 2.86. The van der Waals surface area contributed by atoms with Gasteiger partial charge in [0, 0.05) is 17.8 Å². The second-order valence-electron chi connectivity index (χ2n) is 6.20. The Balaban J connectivity index is 1.88. The van der Waals surface area contributed by atoms with Crippen LogP contribution >= 0.6 is 11.3 Å². The molecule has 0 bridgehead atoms. The van der Waals surface area contributed by atoms with E-state index in [2.05, 4.69) is 0 Å². The summed E-state index contributed by atoms with van der Waals surface area (Å²) in [5.41, 5.74) is 2.11. The normalized spacial score (nSPS) is 20.4. The van der Waals surface area contributed by atoms with Gasteiger partial charge < -0.3 is 14.7 Å². The predicted molar refractivity (Wildman–Crippen MR) is 96.6 cm³/mol. The topological polar surface area (TPSA) is 66.8 Å². The molecule has 0 saturated carbocycles. The quantitative estimate of drug-likeness (QED) is 0.856. The highest BCUT2D eigenvalue weighted by molar-refractivity contribution is 7.17. The summed E-state index contributed by atoms with van der Waals surface area (Å²) in [6.07, 6.45) is 0.0989. The van der Waals surface area contributed by atoms with E-state index in [4.69, 9.17) is 4.74 Å². The molecule has 1 amide bonds. The number of thiophene rings is 1. The number of amides is 1. The Labute approximate surface area is 150 Å². The highest BCUT2D eigenvalue weighted by atomic mass is 32.1. The standard InChI is InChI=1S/C19H21NO4S/c1-12-10-16(25-17(12)13-6-4-3-5-7-13)18(22)20-9-8-14(21)11-15(20)19(23)24-2/h3-7,10,14-15,21H,8-9,11H2,1-2H3/t14-,15+/m0/s1. The molecule has 1 aromatic carbocycles. The zero-order chi connectivity index (χ0) is 18.0. The van der Waals surface area contributed by atoms with Crippen LogP contribution in [-0.2, 0) is 9.53 Å². The number of piperidine rings is 1. The van der Waals surface area contributed by atoms with Crippen molar-refractivity contribution in [2.75, 3.05) is 13.7 Å². The number of esters is 1. The van der Waals surface area contributed by atoms with Gasteiger partial charge in [0.1, 0.15) is 6.04 Å². The third kappa shape index (κ3) is 3.60. The van der Waals surface area contributed by atoms with Crippen LogP contribution in [0.15, 0.2) is 36.4 Å². The summed E-state index contributed by atoms with van der Waals surface area (Å²) in [7, 11) is 1.30. The maximum absolute atomic E-state index is 13.0. The average molecular weight is 359 g/mol. The van der Waals surface area contributed by atoms with Gasteiger partial charge in [0.25, 0.3) is 5.91 Å².